The highest BCUT2D eigenvalue weighted by Crippen LogP contribution is 2.34. The molecule has 1 N–H and O–H groups in total. The van der Waals surface area contributed by atoms with Gasteiger partial charge in [0.05, 0.1) is 5.92 Å². The number of thioether (sulfide) groups is 1. The Kier molecular flexibility index (Phi) is 4.14. The Balaban J connectivity index is 1.90. The molecule has 0 amide bonds. The zero-order chi connectivity index (χ0) is 14.1. The lowest BCUT2D eigenvalue weighted by Crippen LogP contribution is -2.31. The number of aryl methyl sites for hydroxylation is 1. The molecule has 1 aromatic heterocycles. The predicted octanol–water partition coefficient (Wildman–Crippen LogP) is 3.23. The zero-order valence-corrected chi connectivity index (χ0v) is 13.8. The van der Waals surface area contributed by atoms with Crippen LogP contribution in [0.25, 0.3) is 11.4 Å². The van der Waals surface area contributed by atoms with Crippen molar-refractivity contribution in [3.8, 4) is 11.4 Å². The minimum atomic E-state index is 0.301. The number of benzene rings is 1. The average molecular weight is 354 g/mol. The first-order valence-electron chi connectivity index (χ1n) is 6.54. The van der Waals surface area contributed by atoms with E-state index in [4.69, 9.17) is 4.52 Å². The third kappa shape index (κ3) is 2.64. The Hall–Kier alpha value is -0.850. The van der Waals surface area contributed by atoms with Gasteiger partial charge in [-0.15, -0.1) is 0 Å². The molecule has 6 heteroatoms. The van der Waals surface area contributed by atoms with Gasteiger partial charge in [0.15, 0.2) is 0 Å². The second-order valence-corrected chi connectivity index (χ2v) is 6.91. The van der Waals surface area contributed by atoms with Gasteiger partial charge in [0, 0.05) is 27.6 Å². The highest BCUT2D eigenvalue weighted by atomic mass is 79.9. The minimum absolute atomic E-state index is 0.301. The first-order valence-corrected chi connectivity index (χ1v) is 8.49. The SMILES string of the molecule is CNC1CSCC1c1nc(-c2ccc(C)cc2Br)no1. The van der Waals surface area contributed by atoms with Gasteiger partial charge >= 0.3 is 0 Å². The maximum Gasteiger partial charge on any atom is 0.232 e. The zero-order valence-electron chi connectivity index (χ0n) is 11.4. The number of aromatic nitrogens is 2. The second-order valence-electron chi connectivity index (χ2n) is 4.98. The number of hydrogen-bond donors (Lipinski definition) is 1. The molecule has 1 saturated heterocycles. The number of rotatable bonds is 3. The van der Waals surface area contributed by atoms with Crippen molar-refractivity contribution in [2.24, 2.45) is 0 Å². The third-order valence-electron chi connectivity index (χ3n) is 3.58. The minimum Gasteiger partial charge on any atom is -0.339 e. The van der Waals surface area contributed by atoms with E-state index in [9.17, 15) is 0 Å². The number of hydrogen-bond acceptors (Lipinski definition) is 5. The molecular formula is C14H16BrN3OS. The van der Waals surface area contributed by atoms with E-state index in [1.807, 2.05) is 24.9 Å². The van der Waals surface area contributed by atoms with Crippen molar-refractivity contribution in [2.75, 3.05) is 18.6 Å². The lowest BCUT2D eigenvalue weighted by atomic mass is 10.0. The molecule has 4 nitrogen and oxygen atoms in total. The van der Waals surface area contributed by atoms with Gasteiger partial charge in [0.1, 0.15) is 0 Å². The molecule has 106 valence electrons. The van der Waals surface area contributed by atoms with Crippen molar-refractivity contribution in [2.45, 2.75) is 18.9 Å². The van der Waals surface area contributed by atoms with E-state index in [1.54, 1.807) is 0 Å². The van der Waals surface area contributed by atoms with Crippen LogP contribution in [-0.4, -0.2) is 34.7 Å². The first kappa shape index (κ1) is 14.1. The normalized spacial score (nSPS) is 22.4. The molecule has 0 spiro atoms. The van der Waals surface area contributed by atoms with E-state index in [-0.39, 0.29) is 0 Å². The first-order chi connectivity index (χ1) is 9.69. The summed E-state index contributed by atoms with van der Waals surface area (Å²) in [5.41, 5.74) is 2.17. The molecule has 0 radical (unpaired) electrons. The van der Waals surface area contributed by atoms with Crippen LogP contribution in [-0.2, 0) is 0 Å². The van der Waals surface area contributed by atoms with Crippen LogP contribution in [0.4, 0.5) is 0 Å². The molecule has 1 fully saturated rings. The molecule has 3 rings (SSSR count). The summed E-state index contributed by atoms with van der Waals surface area (Å²) in [6, 6.07) is 6.55. The molecule has 2 unspecified atom stereocenters. The maximum atomic E-state index is 5.49. The Morgan fingerprint density at radius 1 is 1.40 bits per heavy atom. The lowest BCUT2D eigenvalue weighted by molar-refractivity contribution is 0.344. The molecule has 2 heterocycles. The summed E-state index contributed by atoms with van der Waals surface area (Å²) in [6.07, 6.45) is 0. The third-order valence-corrected chi connectivity index (χ3v) is 5.42. The van der Waals surface area contributed by atoms with Gasteiger partial charge in [0.2, 0.25) is 11.7 Å². The van der Waals surface area contributed by atoms with Crippen molar-refractivity contribution in [3.63, 3.8) is 0 Å². The fraction of sp³-hybridized carbons (Fsp3) is 0.429. The van der Waals surface area contributed by atoms with Crippen LogP contribution in [0.5, 0.6) is 0 Å². The fourth-order valence-corrected chi connectivity index (χ4v) is 4.47. The number of nitrogens with zero attached hydrogens (tertiary/aromatic N) is 2. The van der Waals surface area contributed by atoms with Crippen LogP contribution >= 0.6 is 27.7 Å². The predicted molar refractivity (Wildman–Crippen MR) is 85.1 cm³/mol. The van der Waals surface area contributed by atoms with Crippen LogP contribution in [0.3, 0.4) is 0 Å². The molecule has 0 aliphatic carbocycles. The van der Waals surface area contributed by atoms with Crippen molar-refractivity contribution in [3.05, 3.63) is 34.1 Å². The van der Waals surface area contributed by atoms with Gasteiger partial charge in [0.25, 0.3) is 0 Å². The molecule has 0 saturated carbocycles. The van der Waals surface area contributed by atoms with Gasteiger partial charge < -0.3 is 9.84 Å². The van der Waals surface area contributed by atoms with Crippen LogP contribution < -0.4 is 5.32 Å². The number of nitrogens with one attached hydrogen (secondary N) is 1. The largest absolute Gasteiger partial charge is 0.339 e. The standard InChI is InChI=1S/C14H16BrN3OS/c1-8-3-4-9(11(15)5-8)13-17-14(19-18-13)10-6-20-7-12(10)16-2/h3-5,10,12,16H,6-7H2,1-2H3. The van der Waals surface area contributed by atoms with Crippen LogP contribution in [0, 0.1) is 6.92 Å². The average Bonchev–Trinajstić information content (AvgIpc) is 3.06. The van der Waals surface area contributed by atoms with Crippen molar-refractivity contribution >= 4 is 27.7 Å². The van der Waals surface area contributed by atoms with Gasteiger partial charge in [-0.25, -0.2) is 0 Å². The monoisotopic (exact) mass is 353 g/mol. The van der Waals surface area contributed by atoms with E-state index in [2.05, 4.69) is 50.4 Å². The molecule has 2 aromatic rings. The summed E-state index contributed by atoms with van der Waals surface area (Å²) in [5.74, 6) is 3.81. The van der Waals surface area contributed by atoms with Gasteiger partial charge in [-0.05, 0) is 31.7 Å². The Morgan fingerprint density at radius 3 is 3.00 bits per heavy atom. The summed E-state index contributed by atoms with van der Waals surface area (Å²) in [6.45, 7) is 2.06. The number of halogens is 1. The fourth-order valence-electron chi connectivity index (χ4n) is 2.38. The van der Waals surface area contributed by atoms with Crippen LogP contribution in [0.15, 0.2) is 27.2 Å². The van der Waals surface area contributed by atoms with Crippen molar-refractivity contribution in [1.29, 1.82) is 0 Å². The Morgan fingerprint density at radius 2 is 2.25 bits per heavy atom. The Bertz CT molecular complexity index is 616. The Labute approximate surface area is 130 Å². The molecule has 20 heavy (non-hydrogen) atoms. The highest BCUT2D eigenvalue weighted by molar-refractivity contribution is 9.10. The van der Waals surface area contributed by atoms with E-state index in [0.717, 1.165) is 27.4 Å². The summed E-state index contributed by atoms with van der Waals surface area (Å²) in [4.78, 5) is 4.59. The summed E-state index contributed by atoms with van der Waals surface area (Å²) >= 11 is 5.48. The maximum absolute atomic E-state index is 5.49. The topological polar surface area (TPSA) is 51.0 Å². The highest BCUT2D eigenvalue weighted by Gasteiger charge is 2.32. The van der Waals surface area contributed by atoms with Gasteiger partial charge in [-0.1, -0.05) is 27.2 Å². The molecule has 1 aromatic carbocycles. The molecule has 2 atom stereocenters. The van der Waals surface area contributed by atoms with E-state index < -0.39 is 0 Å². The summed E-state index contributed by atoms with van der Waals surface area (Å²) in [5, 5.41) is 7.46. The number of likely N-dealkylation sites (N-methyl/N-ethyl adjacent to an activating group) is 1. The van der Waals surface area contributed by atoms with E-state index in [1.165, 1.54) is 5.56 Å². The smallest absolute Gasteiger partial charge is 0.232 e. The molecule has 1 aliphatic heterocycles. The summed E-state index contributed by atoms with van der Waals surface area (Å²) in [7, 11) is 1.98. The van der Waals surface area contributed by atoms with Crippen LogP contribution in [0.2, 0.25) is 0 Å². The second kappa shape index (κ2) is 5.87. The van der Waals surface area contributed by atoms with E-state index in [0.29, 0.717) is 17.8 Å². The van der Waals surface area contributed by atoms with Gasteiger partial charge in [-0.3, -0.25) is 0 Å². The molecular weight excluding hydrogens is 338 g/mol. The summed E-state index contributed by atoms with van der Waals surface area (Å²) < 4.78 is 6.48. The lowest BCUT2D eigenvalue weighted by Gasteiger charge is -2.13. The van der Waals surface area contributed by atoms with E-state index >= 15 is 0 Å². The van der Waals surface area contributed by atoms with Crippen LogP contribution in [0.1, 0.15) is 17.4 Å². The van der Waals surface area contributed by atoms with Crippen molar-refractivity contribution < 1.29 is 4.52 Å². The van der Waals surface area contributed by atoms with Gasteiger partial charge in [-0.2, -0.15) is 16.7 Å². The molecule has 0 bridgehead atoms. The molecule has 1 aliphatic rings. The quantitative estimate of drug-likeness (QED) is 0.917. The van der Waals surface area contributed by atoms with Crippen molar-refractivity contribution in [1.82, 2.24) is 15.5 Å².